The maximum atomic E-state index is 15.6. The molecule has 1 aromatic heterocycles. The van der Waals surface area contributed by atoms with Gasteiger partial charge < -0.3 is 10.1 Å². The van der Waals surface area contributed by atoms with Crippen LogP contribution in [0.4, 0.5) is 14.9 Å². The molecule has 0 fully saturated rings. The summed E-state index contributed by atoms with van der Waals surface area (Å²) in [5, 5.41) is 7.94. The molecule has 0 unspecified atom stereocenters. The van der Waals surface area contributed by atoms with Crippen LogP contribution in [0.25, 0.3) is 16.8 Å². The van der Waals surface area contributed by atoms with E-state index in [1.165, 1.54) is 39.6 Å². The summed E-state index contributed by atoms with van der Waals surface area (Å²) in [5.74, 6) is -0.155. The van der Waals surface area contributed by atoms with Crippen molar-refractivity contribution in [1.82, 2.24) is 19.1 Å². The maximum absolute atomic E-state index is 15.6. The largest absolute Gasteiger partial charge is 0.443 e. The molecule has 0 bridgehead atoms. The van der Waals surface area contributed by atoms with Gasteiger partial charge in [-0.1, -0.05) is 57.0 Å². The molecule has 0 aliphatic carbocycles. The lowest BCUT2D eigenvalue weighted by atomic mass is 10.0. The van der Waals surface area contributed by atoms with Crippen molar-refractivity contribution in [3.63, 3.8) is 0 Å². The van der Waals surface area contributed by atoms with Crippen LogP contribution in [0.5, 0.6) is 0 Å². The molecule has 0 radical (unpaired) electrons. The number of nitrogens with one attached hydrogen (secondary N) is 2. The number of hydrogen-bond donors (Lipinski definition) is 2. The average molecular weight is 717 g/mol. The van der Waals surface area contributed by atoms with Crippen molar-refractivity contribution in [1.29, 1.82) is 0 Å². The van der Waals surface area contributed by atoms with Crippen molar-refractivity contribution in [2.24, 2.45) is 0 Å². The van der Waals surface area contributed by atoms with E-state index in [9.17, 15) is 18.0 Å². The van der Waals surface area contributed by atoms with E-state index in [0.717, 1.165) is 31.5 Å². The Morgan fingerprint density at radius 3 is 2.46 bits per heavy atom. The van der Waals surface area contributed by atoms with E-state index in [-0.39, 0.29) is 28.1 Å². The van der Waals surface area contributed by atoms with Gasteiger partial charge in [0.15, 0.2) is 0 Å². The molecule has 4 aromatic rings. The van der Waals surface area contributed by atoms with Gasteiger partial charge in [0.05, 0.1) is 17.1 Å². The molecule has 13 heteroatoms. The number of ether oxygens (including phenoxy) is 1. The smallest absolute Gasteiger partial charge is 0.421 e. The molecule has 0 aliphatic heterocycles. The summed E-state index contributed by atoms with van der Waals surface area (Å²) < 4.78 is 52.3. The number of amides is 1. The SMILES string of the molecule is CCCCCNc1ccc(Br)c(-n2nc(CC)n(Cc3ccc(-c4ccccc4S(=O)(=O)NC(=O)OC(C)(C)C)cc3F)c2=O)c1. The number of sulfonamides is 1. The second-order valence-corrected chi connectivity index (χ2v) is 14.3. The zero-order chi connectivity index (χ0) is 33.6. The molecular formula is C33H39BrFN5O5S. The third kappa shape index (κ3) is 8.43. The molecule has 3 aromatic carbocycles. The number of anilines is 1. The Hall–Kier alpha value is -3.97. The molecule has 2 N–H and O–H groups in total. The molecule has 0 saturated heterocycles. The first kappa shape index (κ1) is 34.9. The Bertz CT molecular complexity index is 1880. The highest BCUT2D eigenvalue weighted by Gasteiger charge is 2.26. The predicted octanol–water partition coefficient (Wildman–Crippen LogP) is 7.03. The molecule has 1 heterocycles. The Balaban J connectivity index is 1.63. The summed E-state index contributed by atoms with van der Waals surface area (Å²) >= 11 is 3.53. The van der Waals surface area contributed by atoms with Crippen LogP contribution in [-0.4, -0.2) is 41.0 Å². The van der Waals surface area contributed by atoms with Crippen LogP contribution < -0.4 is 15.7 Å². The van der Waals surface area contributed by atoms with Gasteiger partial charge in [0.2, 0.25) is 0 Å². The average Bonchev–Trinajstić information content (AvgIpc) is 3.30. The molecule has 0 spiro atoms. The number of nitrogens with zero attached hydrogens (tertiary/aromatic N) is 3. The second kappa shape index (κ2) is 14.6. The highest BCUT2D eigenvalue weighted by molar-refractivity contribution is 9.10. The predicted molar refractivity (Wildman–Crippen MR) is 180 cm³/mol. The van der Waals surface area contributed by atoms with Gasteiger partial charge in [0, 0.05) is 34.3 Å². The number of aromatic nitrogens is 3. The van der Waals surface area contributed by atoms with E-state index in [4.69, 9.17) is 4.74 Å². The first-order chi connectivity index (χ1) is 21.7. The van der Waals surface area contributed by atoms with Crippen molar-refractivity contribution >= 4 is 37.7 Å². The summed E-state index contributed by atoms with van der Waals surface area (Å²) in [6.45, 7) is 9.59. The summed E-state index contributed by atoms with van der Waals surface area (Å²) in [6.07, 6.45) is 2.58. The summed E-state index contributed by atoms with van der Waals surface area (Å²) in [5.41, 5.74) is 0.784. The van der Waals surface area contributed by atoms with Gasteiger partial charge in [-0.2, -0.15) is 4.68 Å². The number of carbonyl (C=O) groups is 1. The fraction of sp³-hybridized carbons (Fsp3) is 0.364. The van der Waals surface area contributed by atoms with Gasteiger partial charge in [-0.15, -0.1) is 5.10 Å². The molecule has 46 heavy (non-hydrogen) atoms. The number of benzene rings is 3. The fourth-order valence-corrected chi connectivity index (χ4v) is 6.34. The summed E-state index contributed by atoms with van der Waals surface area (Å²) in [6, 6.07) is 15.9. The Kier molecular flexibility index (Phi) is 11.1. The van der Waals surface area contributed by atoms with Crippen LogP contribution in [0.2, 0.25) is 0 Å². The minimum Gasteiger partial charge on any atom is -0.443 e. The topological polar surface area (TPSA) is 124 Å². The Labute approximate surface area is 277 Å². The van der Waals surface area contributed by atoms with Gasteiger partial charge >= 0.3 is 11.8 Å². The maximum Gasteiger partial charge on any atom is 0.421 e. The van der Waals surface area contributed by atoms with Crippen molar-refractivity contribution < 1.29 is 22.3 Å². The van der Waals surface area contributed by atoms with Gasteiger partial charge in [-0.3, -0.25) is 4.57 Å². The minimum absolute atomic E-state index is 0.0825. The number of hydrogen-bond acceptors (Lipinski definition) is 7. The third-order valence-electron chi connectivity index (χ3n) is 7.02. The number of rotatable bonds is 12. The number of halogens is 2. The molecule has 0 aliphatic rings. The van der Waals surface area contributed by atoms with Crippen LogP contribution in [-0.2, 0) is 27.7 Å². The van der Waals surface area contributed by atoms with Gasteiger partial charge in [-0.25, -0.2) is 27.1 Å². The zero-order valence-corrected chi connectivity index (χ0v) is 29.0. The molecule has 1 amide bonds. The lowest BCUT2D eigenvalue weighted by Gasteiger charge is -2.20. The number of unbranched alkanes of at least 4 members (excludes halogenated alkanes) is 2. The second-order valence-electron chi connectivity index (χ2n) is 11.8. The van der Waals surface area contributed by atoms with E-state index in [2.05, 4.69) is 33.3 Å². The lowest BCUT2D eigenvalue weighted by molar-refractivity contribution is 0.0570. The number of carbonyl (C=O) groups excluding carboxylic acids is 1. The van der Waals surface area contributed by atoms with E-state index >= 15 is 4.39 Å². The summed E-state index contributed by atoms with van der Waals surface area (Å²) in [7, 11) is -4.35. The molecule has 0 saturated carbocycles. The monoisotopic (exact) mass is 715 g/mol. The Morgan fingerprint density at radius 1 is 1.04 bits per heavy atom. The van der Waals surface area contributed by atoms with Crippen LogP contribution >= 0.6 is 15.9 Å². The normalized spacial score (nSPS) is 11.8. The first-order valence-electron chi connectivity index (χ1n) is 15.1. The van der Waals surface area contributed by atoms with Gasteiger partial charge in [-0.05, 0) is 79.0 Å². The quantitative estimate of drug-likeness (QED) is 0.151. The van der Waals surface area contributed by atoms with Crippen LogP contribution in [0, 0.1) is 5.82 Å². The van der Waals surface area contributed by atoms with Gasteiger partial charge in [0.25, 0.3) is 10.0 Å². The highest BCUT2D eigenvalue weighted by Crippen LogP contribution is 2.29. The number of aryl methyl sites for hydroxylation is 1. The molecule has 4 rings (SSSR count). The van der Waals surface area contributed by atoms with Crippen molar-refractivity contribution in [3.8, 4) is 16.8 Å². The van der Waals surface area contributed by atoms with Crippen LogP contribution in [0.1, 0.15) is 65.3 Å². The third-order valence-corrected chi connectivity index (χ3v) is 9.07. The lowest BCUT2D eigenvalue weighted by Crippen LogP contribution is -2.36. The molecule has 246 valence electrons. The summed E-state index contributed by atoms with van der Waals surface area (Å²) in [4.78, 5) is 25.6. The minimum atomic E-state index is -4.35. The fourth-order valence-electron chi connectivity index (χ4n) is 4.82. The van der Waals surface area contributed by atoms with E-state index in [1.54, 1.807) is 32.9 Å². The van der Waals surface area contributed by atoms with Gasteiger partial charge in [0.1, 0.15) is 17.2 Å². The van der Waals surface area contributed by atoms with Crippen LogP contribution in [0.15, 0.2) is 74.8 Å². The zero-order valence-electron chi connectivity index (χ0n) is 26.6. The highest BCUT2D eigenvalue weighted by atomic mass is 79.9. The van der Waals surface area contributed by atoms with E-state index in [0.29, 0.717) is 22.4 Å². The Morgan fingerprint density at radius 2 is 1.78 bits per heavy atom. The molecule has 0 atom stereocenters. The van der Waals surface area contributed by atoms with Crippen LogP contribution in [0.3, 0.4) is 0 Å². The van der Waals surface area contributed by atoms with E-state index in [1.807, 2.05) is 29.8 Å². The molecular weight excluding hydrogens is 677 g/mol. The molecule has 10 nitrogen and oxygen atoms in total. The van der Waals surface area contributed by atoms with Crippen molar-refractivity contribution in [3.05, 3.63) is 92.8 Å². The van der Waals surface area contributed by atoms with Crippen molar-refractivity contribution in [2.45, 2.75) is 77.3 Å². The van der Waals surface area contributed by atoms with Crippen molar-refractivity contribution in [2.75, 3.05) is 11.9 Å². The standard InChI is InChI=1S/C33H39BrFN5O5S/c1-6-8-11-18-36-24-16-17-26(34)28(20-24)40-32(42)39(30(7-2)37-40)21-23-15-14-22(19-27(23)35)25-12-9-10-13-29(25)46(43,44)38-31(41)45-33(3,4)5/h9-10,12-17,19-20,36H,6-8,11,18,21H2,1-5H3,(H,38,41). The first-order valence-corrected chi connectivity index (χ1v) is 17.4. The van der Waals surface area contributed by atoms with E-state index < -0.39 is 33.2 Å².